The van der Waals surface area contributed by atoms with Crippen molar-refractivity contribution in [2.45, 2.75) is 19.3 Å². The van der Waals surface area contributed by atoms with Gasteiger partial charge < -0.3 is 9.84 Å². The zero-order chi connectivity index (χ0) is 12.0. The van der Waals surface area contributed by atoms with E-state index in [2.05, 4.69) is 4.74 Å². The summed E-state index contributed by atoms with van der Waals surface area (Å²) in [6, 6.07) is 0. The van der Waals surface area contributed by atoms with Crippen molar-refractivity contribution in [3.8, 4) is 0 Å². The molecule has 90 valence electrons. The number of ether oxygens (including phenoxy) is 1. The molecule has 6 nitrogen and oxygen atoms in total. The van der Waals surface area contributed by atoms with E-state index in [4.69, 9.17) is 4.55 Å². The van der Waals surface area contributed by atoms with Crippen molar-refractivity contribution >= 4 is 45.6 Å². The van der Waals surface area contributed by atoms with Crippen LogP contribution >= 0.6 is 0 Å². The van der Waals surface area contributed by atoms with Crippen molar-refractivity contribution in [1.29, 1.82) is 0 Å². The number of hydrogen-bond donors (Lipinski definition) is 2. The Morgan fingerprint density at radius 2 is 1.88 bits per heavy atom. The van der Waals surface area contributed by atoms with E-state index in [-0.39, 0.29) is 29.6 Å². The fraction of sp³-hybridized carbons (Fsp3) is 0.875. The van der Waals surface area contributed by atoms with Crippen LogP contribution in [0.4, 0.5) is 0 Å². The SMILES string of the molecule is COC(=O)C1C(C(O)S(=O)(=O)O)C1(C)C.[NaH]. The Hall–Kier alpha value is 0.340. The number of hydrogen-bond acceptors (Lipinski definition) is 5. The zero-order valence-corrected chi connectivity index (χ0v) is 9.48. The van der Waals surface area contributed by atoms with Gasteiger partial charge in [0.1, 0.15) is 0 Å². The minimum atomic E-state index is -4.54. The molecule has 1 aliphatic rings. The van der Waals surface area contributed by atoms with Gasteiger partial charge in [-0.15, -0.1) is 0 Å². The monoisotopic (exact) mass is 262 g/mol. The molecule has 3 atom stereocenters. The van der Waals surface area contributed by atoms with Crippen molar-refractivity contribution in [2.24, 2.45) is 17.3 Å². The number of aliphatic hydroxyl groups excluding tert-OH is 1. The Morgan fingerprint density at radius 1 is 1.44 bits per heavy atom. The van der Waals surface area contributed by atoms with Crippen LogP contribution in [-0.4, -0.2) is 66.1 Å². The summed E-state index contributed by atoms with van der Waals surface area (Å²) in [5, 5.41) is 9.33. The van der Waals surface area contributed by atoms with Crippen LogP contribution in [0.25, 0.3) is 0 Å². The molecule has 0 aromatic rings. The normalized spacial score (nSPS) is 28.8. The summed E-state index contributed by atoms with van der Waals surface area (Å²) in [6.45, 7) is 3.27. The molecule has 0 aromatic heterocycles. The summed E-state index contributed by atoms with van der Waals surface area (Å²) in [5.41, 5.74) is -2.61. The number of rotatable bonds is 3. The van der Waals surface area contributed by atoms with Crippen LogP contribution in [0.1, 0.15) is 13.8 Å². The van der Waals surface area contributed by atoms with E-state index < -0.39 is 38.8 Å². The van der Waals surface area contributed by atoms with Crippen LogP contribution in [0.2, 0.25) is 0 Å². The summed E-state index contributed by atoms with van der Waals surface area (Å²) in [5.74, 6) is -2.09. The van der Waals surface area contributed by atoms with Gasteiger partial charge in [-0.2, -0.15) is 8.42 Å². The van der Waals surface area contributed by atoms with Crippen molar-refractivity contribution < 1.29 is 27.6 Å². The summed E-state index contributed by atoms with van der Waals surface area (Å²) >= 11 is 0. The maximum absolute atomic E-state index is 11.2. The summed E-state index contributed by atoms with van der Waals surface area (Å²) in [6.07, 6.45) is 0. The third kappa shape index (κ3) is 2.77. The molecule has 1 aliphatic carbocycles. The van der Waals surface area contributed by atoms with Gasteiger partial charge in [0.05, 0.1) is 13.0 Å². The minimum absolute atomic E-state index is 0. The second-order valence-electron chi connectivity index (χ2n) is 4.25. The summed E-state index contributed by atoms with van der Waals surface area (Å²) in [4.78, 5) is 11.2. The molecular weight excluding hydrogens is 247 g/mol. The van der Waals surface area contributed by atoms with Crippen LogP contribution in [0, 0.1) is 17.3 Å². The van der Waals surface area contributed by atoms with Gasteiger partial charge in [0.15, 0.2) is 5.44 Å². The van der Waals surface area contributed by atoms with Gasteiger partial charge in [-0.3, -0.25) is 9.35 Å². The Bertz CT molecular complexity index is 376. The number of esters is 1. The first kappa shape index (κ1) is 16.3. The van der Waals surface area contributed by atoms with Crippen LogP contribution in [0.3, 0.4) is 0 Å². The number of carbonyl (C=O) groups is 1. The molecule has 1 saturated carbocycles. The van der Waals surface area contributed by atoms with Crippen molar-refractivity contribution in [2.75, 3.05) is 7.11 Å². The van der Waals surface area contributed by atoms with E-state index in [0.29, 0.717) is 0 Å². The van der Waals surface area contributed by atoms with E-state index in [1.54, 1.807) is 13.8 Å². The second-order valence-corrected chi connectivity index (χ2v) is 5.77. The molecule has 0 aromatic carbocycles. The second kappa shape index (κ2) is 4.91. The molecule has 2 N–H and O–H groups in total. The number of methoxy groups -OCH3 is 1. The van der Waals surface area contributed by atoms with Gasteiger partial charge in [-0.25, -0.2) is 0 Å². The van der Waals surface area contributed by atoms with E-state index in [0.717, 1.165) is 0 Å². The van der Waals surface area contributed by atoms with E-state index >= 15 is 0 Å². The molecule has 3 unspecified atom stereocenters. The topological polar surface area (TPSA) is 101 Å². The molecule has 0 saturated heterocycles. The Labute approximate surface area is 116 Å². The molecule has 0 aliphatic heterocycles. The van der Waals surface area contributed by atoms with Crippen LogP contribution in [0.15, 0.2) is 0 Å². The number of aliphatic hydroxyl groups is 1. The van der Waals surface area contributed by atoms with Crippen molar-refractivity contribution in [3.05, 3.63) is 0 Å². The molecule has 0 heterocycles. The molecule has 1 fully saturated rings. The van der Waals surface area contributed by atoms with Crippen LogP contribution in [0.5, 0.6) is 0 Å². The zero-order valence-electron chi connectivity index (χ0n) is 8.67. The Kier molecular flexibility index (Phi) is 5.02. The quantitative estimate of drug-likeness (QED) is 0.384. The van der Waals surface area contributed by atoms with Crippen molar-refractivity contribution in [1.82, 2.24) is 0 Å². The van der Waals surface area contributed by atoms with E-state index in [1.165, 1.54) is 7.11 Å². The third-order valence-electron chi connectivity index (χ3n) is 2.98. The molecule has 1 rings (SSSR count). The number of carbonyl (C=O) groups excluding carboxylic acids is 1. The first-order chi connectivity index (χ1) is 6.64. The first-order valence-corrected chi connectivity index (χ1v) is 5.86. The molecule has 16 heavy (non-hydrogen) atoms. The Morgan fingerprint density at radius 3 is 2.19 bits per heavy atom. The average Bonchev–Trinajstić information content (AvgIpc) is 2.64. The van der Waals surface area contributed by atoms with Crippen LogP contribution < -0.4 is 0 Å². The van der Waals surface area contributed by atoms with E-state index in [9.17, 15) is 18.3 Å². The molecule has 0 bridgehead atoms. The standard InChI is InChI=1S/C8H14O6S.Na.H/c1-8(2)4(6(9)14-3)5(8)7(10)15(11,12)13;;/h4-5,7,10H,1-3H3,(H,11,12,13);;. The fourth-order valence-electron chi connectivity index (χ4n) is 1.97. The Balaban J connectivity index is 0.00000225. The predicted molar refractivity (Wildman–Crippen MR) is 57.5 cm³/mol. The predicted octanol–water partition coefficient (Wildman–Crippen LogP) is -1.01. The first-order valence-electron chi connectivity index (χ1n) is 4.36. The average molecular weight is 262 g/mol. The molecular formula is C8H15NaO6S. The van der Waals surface area contributed by atoms with Crippen LogP contribution in [-0.2, 0) is 19.6 Å². The van der Waals surface area contributed by atoms with Gasteiger partial charge in [0, 0.05) is 5.92 Å². The molecule has 0 radical (unpaired) electrons. The fourth-order valence-corrected chi connectivity index (χ4v) is 2.85. The third-order valence-corrected chi connectivity index (χ3v) is 3.88. The molecule has 8 heteroatoms. The van der Waals surface area contributed by atoms with Gasteiger partial charge in [0.25, 0.3) is 10.1 Å². The van der Waals surface area contributed by atoms with Crippen molar-refractivity contribution in [3.63, 3.8) is 0 Å². The maximum atomic E-state index is 11.2. The van der Waals surface area contributed by atoms with E-state index in [1.807, 2.05) is 0 Å². The van der Waals surface area contributed by atoms with Gasteiger partial charge in [-0.05, 0) is 5.41 Å². The van der Waals surface area contributed by atoms with Gasteiger partial charge in [-0.1, -0.05) is 13.8 Å². The summed E-state index contributed by atoms with van der Waals surface area (Å²) in [7, 11) is -3.35. The summed E-state index contributed by atoms with van der Waals surface area (Å²) < 4.78 is 34.6. The molecule has 0 amide bonds. The van der Waals surface area contributed by atoms with Gasteiger partial charge >= 0.3 is 35.5 Å². The van der Waals surface area contributed by atoms with Gasteiger partial charge in [0.2, 0.25) is 0 Å². The molecule has 0 spiro atoms.